The molecule has 1 N–H and O–H groups in total. The number of hydrogen-bond acceptors (Lipinski definition) is 3. The van der Waals surface area contributed by atoms with Gasteiger partial charge in [0.05, 0.1) is 5.25 Å². The molecule has 0 aromatic carbocycles. The molecule has 0 bridgehead atoms. The van der Waals surface area contributed by atoms with Crippen LogP contribution in [0, 0.1) is 0 Å². The number of unbranched alkanes of at least 4 members (excludes halogenated alkanes) is 9. The van der Waals surface area contributed by atoms with Crippen molar-refractivity contribution in [3.05, 3.63) is 0 Å². The average molecular weight is 303 g/mol. The van der Waals surface area contributed by atoms with Crippen LogP contribution in [0.4, 0.5) is 0 Å². The largest absolute Gasteiger partial charge is 0.303 e. The summed E-state index contributed by atoms with van der Waals surface area (Å²) in [6.07, 6.45) is 13.8. The van der Waals surface area contributed by atoms with Crippen LogP contribution < -0.4 is 4.72 Å². The molecule has 1 aliphatic carbocycles. The van der Waals surface area contributed by atoms with Gasteiger partial charge in [-0.2, -0.15) is 0 Å². The lowest BCUT2D eigenvalue weighted by Crippen LogP contribution is -2.28. The van der Waals surface area contributed by atoms with Crippen molar-refractivity contribution in [3.63, 3.8) is 0 Å². The van der Waals surface area contributed by atoms with Gasteiger partial charge in [-0.3, -0.25) is 0 Å². The molecule has 1 aliphatic rings. The zero-order chi connectivity index (χ0) is 14.7. The van der Waals surface area contributed by atoms with Gasteiger partial charge in [-0.15, -0.1) is 0 Å². The highest BCUT2D eigenvalue weighted by atomic mass is 32.2. The fraction of sp³-hybridized carbons (Fsp3) is 0.933. The van der Waals surface area contributed by atoms with Gasteiger partial charge in [-0.25, -0.2) is 13.1 Å². The highest BCUT2D eigenvalue weighted by Crippen LogP contribution is 2.27. The summed E-state index contributed by atoms with van der Waals surface area (Å²) in [7, 11) is -2.97. The maximum Gasteiger partial charge on any atom is 0.214 e. The summed E-state index contributed by atoms with van der Waals surface area (Å²) >= 11 is 0. The molecule has 0 aromatic rings. The minimum absolute atomic E-state index is 0.0956. The summed E-state index contributed by atoms with van der Waals surface area (Å²) in [5.74, 6) is 0. The summed E-state index contributed by atoms with van der Waals surface area (Å²) in [5, 5.41) is -0.0956. The average Bonchev–Trinajstić information content (AvgIpc) is 3.25. The van der Waals surface area contributed by atoms with Crippen LogP contribution in [0.15, 0.2) is 0 Å². The third-order valence-electron chi connectivity index (χ3n) is 3.77. The summed E-state index contributed by atoms with van der Waals surface area (Å²) in [6.45, 7) is 0.602. The molecule has 118 valence electrons. The van der Waals surface area contributed by atoms with Crippen molar-refractivity contribution in [2.75, 3.05) is 6.54 Å². The van der Waals surface area contributed by atoms with E-state index in [4.69, 9.17) is 0 Å². The van der Waals surface area contributed by atoms with E-state index in [0.29, 0.717) is 13.0 Å². The van der Waals surface area contributed by atoms with E-state index in [1.807, 2.05) is 0 Å². The Balaban J connectivity index is 1.77. The van der Waals surface area contributed by atoms with Crippen LogP contribution in [-0.4, -0.2) is 26.5 Å². The molecule has 5 heteroatoms. The first-order valence-electron chi connectivity index (χ1n) is 8.09. The predicted molar refractivity (Wildman–Crippen MR) is 82.2 cm³/mol. The summed E-state index contributed by atoms with van der Waals surface area (Å²) in [5.41, 5.74) is 0. The Bertz CT molecular complexity index is 350. The molecule has 0 aliphatic heterocycles. The number of nitrogens with one attached hydrogen (secondary N) is 1. The fourth-order valence-corrected chi connectivity index (χ4v) is 3.72. The van der Waals surface area contributed by atoms with Crippen LogP contribution in [-0.2, 0) is 14.8 Å². The Morgan fingerprint density at radius 3 is 1.85 bits per heavy atom. The predicted octanol–water partition coefficient (Wildman–Crippen LogP) is 3.17. The van der Waals surface area contributed by atoms with Crippen molar-refractivity contribution in [1.82, 2.24) is 4.72 Å². The summed E-state index contributed by atoms with van der Waals surface area (Å²) < 4.78 is 25.8. The zero-order valence-corrected chi connectivity index (χ0v) is 13.3. The van der Waals surface area contributed by atoms with E-state index < -0.39 is 10.0 Å². The Kier molecular flexibility index (Phi) is 9.10. The Labute approximate surface area is 123 Å². The third-order valence-corrected chi connectivity index (χ3v) is 5.72. The van der Waals surface area contributed by atoms with Gasteiger partial charge in [0.1, 0.15) is 6.29 Å². The second-order valence-electron chi connectivity index (χ2n) is 5.78. The molecular weight excluding hydrogens is 274 g/mol. The topological polar surface area (TPSA) is 63.2 Å². The van der Waals surface area contributed by atoms with Crippen molar-refractivity contribution >= 4 is 16.3 Å². The first-order valence-corrected chi connectivity index (χ1v) is 9.63. The molecule has 0 unspecified atom stereocenters. The minimum atomic E-state index is -2.97. The van der Waals surface area contributed by atoms with Gasteiger partial charge in [0.2, 0.25) is 10.0 Å². The quantitative estimate of drug-likeness (QED) is 0.396. The summed E-state index contributed by atoms with van der Waals surface area (Å²) in [6, 6.07) is 0. The van der Waals surface area contributed by atoms with Crippen LogP contribution in [0.2, 0.25) is 0 Å². The molecule has 0 amide bonds. The Morgan fingerprint density at radius 2 is 1.35 bits per heavy atom. The second kappa shape index (κ2) is 10.3. The van der Waals surface area contributed by atoms with Crippen LogP contribution in [0.25, 0.3) is 0 Å². The number of sulfonamides is 1. The van der Waals surface area contributed by atoms with Gasteiger partial charge in [0.15, 0.2) is 0 Å². The molecule has 0 heterocycles. The normalized spacial score (nSPS) is 15.4. The van der Waals surface area contributed by atoms with Gasteiger partial charge in [-0.05, 0) is 25.7 Å². The smallest absolute Gasteiger partial charge is 0.214 e. The molecule has 0 spiro atoms. The van der Waals surface area contributed by atoms with E-state index in [2.05, 4.69) is 4.72 Å². The highest BCUT2D eigenvalue weighted by Gasteiger charge is 2.34. The fourth-order valence-electron chi connectivity index (χ4n) is 2.30. The highest BCUT2D eigenvalue weighted by molar-refractivity contribution is 7.90. The maximum absolute atomic E-state index is 11.5. The van der Waals surface area contributed by atoms with Crippen LogP contribution in [0.3, 0.4) is 0 Å². The zero-order valence-electron chi connectivity index (χ0n) is 12.5. The maximum atomic E-state index is 11.5. The van der Waals surface area contributed by atoms with Crippen LogP contribution in [0.1, 0.15) is 77.0 Å². The molecule has 20 heavy (non-hydrogen) atoms. The molecule has 0 radical (unpaired) electrons. The molecule has 1 fully saturated rings. The van der Waals surface area contributed by atoms with E-state index in [-0.39, 0.29) is 5.25 Å². The number of carbonyl (C=O) groups excluding carboxylic acids is 1. The molecule has 4 nitrogen and oxygen atoms in total. The van der Waals surface area contributed by atoms with Gasteiger partial charge >= 0.3 is 0 Å². The van der Waals surface area contributed by atoms with Crippen LogP contribution in [0.5, 0.6) is 0 Å². The first kappa shape index (κ1) is 17.6. The number of carbonyl (C=O) groups is 1. The lowest BCUT2D eigenvalue weighted by molar-refractivity contribution is -0.107. The van der Waals surface area contributed by atoms with Crippen molar-refractivity contribution in [2.24, 2.45) is 0 Å². The van der Waals surface area contributed by atoms with Gasteiger partial charge in [0, 0.05) is 13.0 Å². The van der Waals surface area contributed by atoms with Crippen molar-refractivity contribution in [1.29, 1.82) is 0 Å². The SMILES string of the molecule is O=CCCCCCCCCCCCNS(=O)(=O)C1CC1. The van der Waals surface area contributed by atoms with E-state index in [1.165, 1.54) is 38.5 Å². The standard InChI is InChI=1S/C15H29NO3S/c17-14-10-8-6-4-2-1-3-5-7-9-13-16-20(18,19)15-11-12-15/h14-16H,1-13H2. The molecular formula is C15H29NO3S. The van der Waals surface area contributed by atoms with Crippen molar-refractivity contribution in [2.45, 2.75) is 82.3 Å². The molecule has 0 atom stereocenters. The Morgan fingerprint density at radius 1 is 0.850 bits per heavy atom. The Hall–Kier alpha value is -0.420. The van der Waals surface area contributed by atoms with E-state index >= 15 is 0 Å². The van der Waals surface area contributed by atoms with E-state index in [0.717, 1.165) is 38.4 Å². The number of hydrogen-bond donors (Lipinski definition) is 1. The third kappa shape index (κ3) is 8.69. The lowest BCUT2D eigenvalue weighted by atomic mass is 10.1. The van der Waals surface area contributed by atoms with Gasteiger partial charge < -0.3 is 4.79 Å². The molecule has 0 saturated heterocycles. The summed E-state index contributed by atoms with van der Waals surface area (Å²) in [4.78, 5) is 10.1. The van der Waals surface area contributed by atoms with Gasteiger partial charge in [-0.1, -0.05) is 44.9 Å². The van der Waals surface area contributed by atoms with E-state index in [9.17, 15) is 13.2 Å². The first-order chi connectivity index (χ1) is 9.67. The monoisotopic (exact) mass is 303 g/mol. The molecule has 0 aromatic heterocycles. The van der Waals surface area contributed by atoms with Crippen LogP contribution >= 0.6 is 0 Å². The minimum Gasteiger partial charge on any atom is -0.303 e. The van der Waals surface area contributed by atoms with Gasteiger partial charge in [0.25, 0.3) is 0 Å². The second-order valence-corrected chi connectivity index (χ2v) is 7.82. The molecule has 1 saturated carbocycles. The number of rotatable bonds is 14. The van der Waals surface area contributed by atoms with Crippen molar-refractivity contribution < 1.29 is 13.2 Å². The van der Waals surface area contributed by atoms with E-state index in [1.54, 1.807) is 0 Å². The lowest BCUT2D eigenvalue weighted by Gasteiger charge is -2.05. The molecule has 1 rings (SSSR count). The van der Waals surface area contributed by atoms with Crippen molar-refractivity contribution in [3.8, 4) is 0 Å². The number of aldehydes is 1.